The van der Waals surface area contributed by atoms with Crippen LogP contribution in [0.3, 0.4) is 0 Å². The van der Waals surface area contributed by atoms with Crippen molar-refractivity contribution in [2.45, 2.75) is 26.2 Å². The number of hydrogen-bond donors (Lipinski definition) is 0. The van der Waals surface area contributed by atoms with Gasteiger partial charge in [0.2, 0.25) is 0 Å². The van der Waals surface area contributed by atoms with Gasteiger partial charge in [0.05, 0.1) is 26.2 Å². The summed E-state index contributed by atoms with van der Waals surface area (Å²) < 4.78 is 45.0. The van der Waals surface area contributed by atoms with Gasteiger partial charge in [-0.2, -0.15) is 0 Å². The Hall–Kier alpha value is -4.94. The second-order valence-corrected chi connectivity index (χ2v) is 8.85. The van der Waals surface area contributed by atoms with Crippen LogP contribution in [-0.2, 0) is 88.8 Å². The van der Waals surface area contributed by atoms with Crippen LogP contribution in [-0.4, -0.2) is 24.9 Å². The van der Waals surface area contributed by atoms with E-state index in [-0.39, 0.29) is 34.7 Å². The van der Waals surface area contributed by atoms with E-state index in [0.29, 0.717) is 26.2 Å². The molecule has 4 aromatic rings. The summed E-state index contributed by atoms with van der Waals surface area (Å²) in [5, 5.41) is 0. The first-order valence-corrected chi connectivity index (χ1v) is 13.4. The maximum Gasteiger partial charge on any atom is 0 e. The van der Waals surface area contributed by atoms with E-state index in [1.54, 1.807) is 0 Å². The van der Waals surface area contributed by atoms with Crippen molar-refractivity contribution < 1.29 is 62.6 Å². The molecule has 248 valence electrons. The average Bonchev–Trinajstić information content (AvgIpc) is 3.18. The zero-order valence-corrected chi connectivity index (χ0v) is 29.0. The van der Waals surface area contributed by atoms with Gasteiger partial charge in [0, 0.05) is 59.6 Å². The zero-order valence-electron chi connectivity index (χ0n) is 26.4. The fraction of sp³-hybridized carbons (Fsp3) is 0.105. The molecule has 8 rings (SSSR count). The molecule has 0 saturated carbocycles. The topological polar surface area (TPSA) is 169 Å². The van der Waals surface area contributed by atoms with Crippen LogP contribution in [0.15, 0.2) is 117 Å². The summed E-state index contributed by atoms with van der Waals surface area (Å²) in [5.41, 5.74) is 9.02. The summed E-state index contributed by atoms with van der Waals surface area (Å²) in [7, 11) is 0. The van der Waals surface area contributed by atoms with Gasteiger partial charge >= 0.3 is 67.8 Å². The van der Waals surface area contributed by atoms with Crippen LogP contribution >= 0.6 is 0 Å². The number of rotatable bonds is 0. The van der Waals surface area contributed by atoms with E-state index in [4.69, 9.17) is 27.9 Å². The molecule has 12 heteroatoms. The smallest absolute Gasteiger partial charge is 0 e. The molecule has 4 aromatic carbocycles. The third-order valence-corrected chi connectivity index (χ3v) is 5.91. The Labute approximate surface area is 313 Å². The predicted molar refractivity (Wildman–Crippen MR) is 175 cm³/mol. The molecule has 4 heterocycles. The van der Waals surface area contributed by atoms with Gasteiger partial charge in [-0.15, -0.1) is 0 Å². The van der Waals surface area contributed by atoms with Gasteiger partial charge in [-0.25, -0.2) is 0 Å². The number of benzene rings is 4. The van der Waals surface area contributed by atoms with Crippen LogP contribution in [0.2, 0.25) is 0 Å². The zero-order chi connectivity index (χ0) is 36.4. The van der Waals surface area contributed by atoms with E-state index in [1.165, 1.54) is 22.3 Å². The Morgan fingerprint density at radius 1 is 0.320 bits per heavy atom. The van der Waals surface area contributed by atoms with Crippen molar-refractivity contribution in [2.24, 2.45) is 20.0 Å². The van der Waals surface area contributed by atoms with Crippen LogP contribution in [0.1, 0.15) is 44.5 Å². The molecule has 4 aliphatic rings. The molecule has 0 radical (unpaired) electrons. The Morgan fingerprint density at radius 3 is 0.680 bits per heavy atom. The first-order valence-electron chi connectivity index (χ1n) is 13.4. The molecular weight excluding hydrogens is 712 g/mol. The van der Waals surface area contributed by atoms with E-state index in [1.807, 2.05) is 24.9 Å². The fourth-order valence-electron chi connectivity index (χ4n) is 4.01. The molecular formula is C38H28Cr2N4O6. The van der Waals surface area contributed by atoms with Crippen LogP contribution < -0.4 is 0 Å². The SMILES string of the molecule is C1=NCc2cccc(c2)CN=Cc2ccc(cc2)C=NCc2cccc(c2)CN=Cc2ccc1cc2.[C-]#[O+].[C-]#[O+].[C-]#[O+].[C-]#[O+].[C-]#[O+].[C-]#[O+].[Cr].[Cr]. The van der Waals surface area contributed by atoms with Crippen molar-refractivity contribution in [3.05, 3.63) is 181 Å². The molecule has 8 bridgehead atoms. The molecule has 0 aromatic heterocycles. The van der Waals surface area contributed by atoms with E-state index < -0.39 is 0 Å². The normalized spacial score (nSPS) is 10.2. The molecule has 0 amide bonds. The van der Waals surface area contributed by atoms with Gasteiger partial charge in [-0.3, -0.25) is 20.0 Å². The molecule has 0 unspecified atom stereocenters. The Bertz CT molecular complexity index is 1460. The van der Waals surface area contributed by atoms with E-state index in [9.17, 15) is 0 Å². The third kappa shape index (κ3) is 21.8. The van der Waals surface area contributed by atoms with Crippen molar-refractivity contribution in [3.8, 4) is 0 Å². The summed E-state index contributed by atoms with van der Waals surface area (Å²) in [5.74, 6) is 0. The first-order chi connectivity index (χ1) is 23.8. The largest absolute Gasteiger partial charge is 0 e. The average molecular weight is 741 g/mol. The van der Waals surface area contributed by atoms with E-state index >= 15 is 0 Å². The maximum atomic E-state index is 7.50. The van der Waals surface area contributed by atoms with Gasteiger partial charge in [-0.1, -0.05) is 97.1 Å². The Balaban J connectivity index is -0.000000686. The van der Waals surface area contributed by atoms with Gasteiger partial charge in [0.25, 0.3) is 0 Å². The van der Waals surface area contributed by atoms with Crippen molar-refractivity contribution in [3.63, 3.8) is 0 Å². The van der Waals surface area contributed by atoms with E-state index in [2.05, 4.69) is 157 Å². The monoisotopic (exact) mass is 740 g/mol. The van der Waals surface area contributed by atoms with Gasteiger partial charge in [0.1, 0.15) is 0 Å². The minimum atomic E-state index is 0. The fourth-order valence-corrected chi connectivity index (χ4v) is 4.01. The molecule has 0 atom stereocenters. The van der Waals surface area contributed by atoms with Crippen LogP contribution in [0.4, 0.5) is 0 Å². The second-order valence-electron chi connectivity index (χ2n) is 8.85. The Morgan fingerprint density at radius 2 is 0.500 bits per heavy atom. The molecule has 50 heavy (non-hydrogen) atoms. The van der Waals surface area contributed by atoms with Crippen LogP contribution in [0, 0.1) is 39.9 Å². The Kier molecular flexibility index (Phi) is 38.3. The molecule has 4 aliphatic heterocycles. The summed E-state index contributed by atoms with van der Waals surface area (Å²) in [4.78, 5) is 18.5. The molecule has 0 fully saturated rings. The molecule has 0 saturated heterocycles. The summed E-state index contributed by atoms with van der Waals surface area (Å²) in [6.07, 6.45) is 7.70. The minimum Gasteiger partial charge on any atom is 0 e. The number of nitrogens with zero attached hydrogens (tertiary/aromatic N) is 4. The minimum absolute atomic E-state index is 0. The second kappa shape index (κ2) is 36.9. The van der Waals surface area contributed by atoms with Crippen molar-refractivity contribution in [1.82, 2.24) is 0 Å². The summed E-state index contributed by atoms with van der Waals surface area (Å²) >= 11 is 0. The number of hydrogen-bond acceptors (Lipinski definition) is 4. The third-order valence-electron chi connectivity index (χ3n) is 5.91. The van der Waals surface area contributed by atoms with Crippen molar-refractivity contribution >= 4 is 24.9 Å². The van der Waals surface area contributed by atoms with E-state index in [0.717, 1.165) is 22.3 Å². The molecule has 0 N–H and O–H groups in total. The number of aliphatic imine (C=N–C) groups is 4. The quantitative estimate of drug-likeness (QED) is 0.147. The van der Waals surface area contributed by atoms with Gasteiger partial charge < -0.3 is 0 Å². The standard InChI is InChI=1S/C32H28N4.6CO.2Cr/c1-3-29-15-30(4-1)22-34-18-26-9-13-28(14-10-26)20-36-24-32-6-2-5-31(16-32)23-35-19-27-11-7-25(8-12-27)17-33-21-29;6*1-2;;/h1-20H,21-24H2;;;;;;;;. The van der Waals surface area contributed by atoms with Crippen LogP contribution in [0.25, 0.3) is 0 Å². The van der Waals surface area contributed by atoms with Gasteiger partial charge in [-0.05, 0) is 44.5 Å². The summed E-state index contributed by atoms with van der Waals surface area (Å²) in [6.45, 7) is 29.6. The van der Waals surface area contributed by atoms with Crippen molar-refractivity contribution in [2.75, 3.05) is 0 Å². The van der Waals surface area contributed by atoms with Crippen LogP contribution in [0.5, 0.6) is 0 Å². The molecule has 0 aliphatic carbocycles. The maximum absolute atomic E-state index is 7.50. The first kappa shape index (κ1) is 51.9. The molecule has 0 spiro atoms. The predicted octanol–water partition coefficient (Wildman–Crippen LogP) is 6.25. The molecule has 10 nitrogen and oxygen atoms in total. The summed E-state index contributed by atoms with van der Waals surface area (Å²) in [6, 6.07) is 33.5. The van der Waals surface area contributed by atoms with Crippen molar-refractivity contribution in [1.29, 1.82) is 0 Å². The van der Waals surface area contributed by atoms with Gasteiger partial charge in [0.15, 0.2) is 0 Å².